The molecule has 2 aliphatic rings. The first-order valence-electron chi connectivity index (χ1n) is 25.8. The van der Waals surface area contributed by atoms with Crippen molar-refractivity contribution in [3.8, 4) is 22.5 Å². The van der Waals surface area contributed by atoms with E-state index in [4.69, 9.17) is 19.4 Å². The van der Waals surface area contributed by atoms with E-state index in [2.05, 4.69) is 31.2 Å². The van der Waals surface area contributed by atoms with Gasteiger partial charge < -0.3 is 38.0 Å². The topological polar surface area (TPSA) is 130 Å². The highest BCUT2D eigenvalue weighted by Crippen LogP contribution is 2.45. The van der Waals surface area contributed by atoms with Crippen LogP contribution < -0.4 is 0 Å². The van der Waals surface area contributed by atoms with Crippen molar-refractivity contribution >= 4 is 43.9 Å². The van der Waals surface area contributed by atoms with Crippen LogP contribution in [0.5, 0.6) is 0 Å². The first kappa shape index (κ1) is 50.9. The smallest absolute Gasteiger partial charge is 0.130 e. The Hall–Kier alpha value is -7.24. The normalized spacial score (nSPS) is 15.9. The molecule has 2 atom stereocenters. The van der Waals surface area contributed by atoms with Crippen molar-refractivity contribution in [2.45, 2.75) is 76.7 Å². The van der Waals surface area contributed by atoms with E-state index >= 15 is 8.78 Å². The summed E-state index contributed by atoms with van der Waals surface area (Å²) in [7, 11) is 3.85. The van der Waals surface area contributed by atoms with Gasteiger partial charge in [0.2, 0.25) is 0 Å². The molecule has 2 fully saturated rings. The molecule has 12 nitrogen and oxygen atoms in total. The first-order chi connectivity index (χ1) is 36.4. The quantitative estimate of drug-likeness (QED) is 0.130. The van der Waals surface area contributed by atoms with Crippen LogP contribution in [0.25, 0.3) is 66.4 Å². The lowest BCUT2D eigenvalue weighted by atomic mass is 9.86. The number of aryl methyl sites for hydroxylation is 2. The molecular weight excluding hydrogens is 973 g/mol. The van der Waals surface area contributed by atoms with Crippen molar-refractivity contribution in [3.05, 3.63) is 168 Å². The fourth-order valence-electron chi connectivity index (χ4n) is 11.6. The van der Waals surface area contributed by atoms with Gasteiger partial charge in [-0.25, -0.2) is 27.5 Å². The Balaban J connectivity index is 0.000000162. The SMILES string of the molecule is Cn1cncc1-c1cnc2c3cc(F)c(C(C)(C)O)cc3n(C(c3ccc(F)cc3)C3CCOCC3)c2c1.Cn1cncc1-c1cnc2c3cc(F)c(C(C)(C)O)cc3n(C(c3ccc(F)cc3)C3CCOCC3)c2c1. The second-order valence-corrected chi connectivity index (χ2v) is 21.4. The van der Waals surface area contributed by atoms with Gasteiger partial charge in [-0.05, 0) is 137 Å². The second-order valence-electron chi connectivity index (χ2n) is 21.4. The first-order valence-corrected chi connectivity index (χ1v) is 25.8. The molecule has 8 heterocycles. The monoisotopic (exact) mass is 1030 g/mol. The van der Waals surface area contributed by atoms with Gasteiger partial charge >= 0.3 is 0 Å². The highest BCUT2D eigenvalue weighted by molar-refractivity contribution is 6.08. The minimum Gasteiger partial charge on any atom is -0.386 e. The van der Waals surface area contributed by atoms with Crippen LogP contribution in [0.1, 0.15) is 87.7 Å². The molecule has 4 aromatic carbocycles. The molecule has 0 amide bonds. The van der Waals surface area contributed by atoms with Gasteiger partial charge in [-0.2, -0.15) is 0 Å². The van der Waals surface area contributed by atoms with Gasteiger partial charge in [-0.15, -0.1) is 0 Å². The lowest BCUT2D eigenvalue weighted by molar-refractivity contribution is 0.0551. The third kappa shape index (κ3) is 9.45. The fraction of sp³-hybridized carbons (Fsp3) is 0.333. The Labute approximate surface area is 437 Å². The third-order valence-corrected chi connectivity index (χ3v) is 15.4. The molecule has 392 valence electrons. The van der Waals surface area contributed by atoms with Crippen molar-refractivity contribution in [2.75, 3.05) is 26.4 Å². The highest BCUT2D eigenvalue weighted by atomic mass is 19.1. The van der Waals surface area contributed by atoms with E-state index < -0.39 is 22.8 Å². The summed E-state index contributed by atoms with van der Waals surface area (Å²) in [5.41, 5.74) is 7.73. The molecule has 2 N–H and O–H groups in total. The molecular formula is C60H60F4N8O4. The average Bonchev–Trinajstić information content (AvgIpc) is 4.26. The summed E-state index contributed by atoms with van der Waals surface area (Å²) in [5.74, 6) is -1.16. The van der Waals surface area contributed by atoms with E-state index in [1.165, 1.54) is 36.4 Å². The van der Waals surface area contributed by atoms with Gasteiger partial charge in [-0.1, -0.05) is 24.3 Å². The number of rotatable bonds is 10. The molecule has 6 aromatic heterocycles. The molecule has 76 heavy (non-hydrogen) atoms. The van der Waals surface area contributed by atoms with E-state index in [0.29, 0.717) is 48.2 Å². The maximum atomic E-state index is 15.4. The number of ether oxygens (including phenoxy) is 2. The van der Waals surface area contributed by atoms with Crippen LogP contribution in [0.2, 0.25) is 0 Å². The minimum atomic E-state index is -1.38. The number of benzene rings is 4. The third-order valence-electron chi connectivity index (χ3n) is 15.4. The average molecular weight is 1030 g/mol. The van der Waals surface area contributed by atoms with Crippen LogP contribution in [0, 0.1) is 35.1 Å². The number of imidazole rings is 2. The predicted octanol–water partition coefficient (Wildman–Crippen LogP) is 12.2. The predicted molar refractivity (Wildman–Crippen MR) is 285 cm³/mol. The van der Waals surface area contributed by atoms with Crippen molar-refractivity contribution in [1.29, 1.82) is 0 Å². The Kier molecular flexibility index (Phi) is 13.4. The molecule has 0 aliphatic carbocycles. The van der Waals surface area contributed by atoms with Gasteiger partial charge in [0, 0.05) is 85.9 Å². The van der Waals surface area contributed by atoms with Gasteiger partial charge in [0.05, 0.1) is 92.8 Å². The van der Waals surface area contributed by atoms with Crippen LogP contribution in [0.3, 0.4) is 0 Å². The molecule has 2 saturated heterocycles. The summed E-state index contributed by atoms with van der Waals surface area (Å²) in [5, 5.41) is 22.9. The Morgan fingerprint density at radius 1 is 0.513 bits per heavy atom. The molecule has 16 heteroatoms. The van der Waals surface area contributed by atoms with Crippen LogP contribution in [-0.4, -0.2) is 74.8 Å². The number of fused-ring (bicyclic) bond motifs is 6. The number of halogens is 4. The van der Waals surface area contributed by atoms with Crippen molar-refractivity contribution in [2.24, 2.45) is 25.9 Å². The summed E-state index contributed by atoms with van der Waals surface area (Å²) in [6.45, 7) is 8.89. The standard InChI is InChI=1S/2C30H30F2N4O2/c2*1-30(2,37)23-14-25-22(13-24(23)32)28-26(12-20(15-34-28)27-16-33-17-35(27)3)36(25)29(19-8-10-38-11-9-19)18-4-6-21(31)7-5-18/h2*4-7,12-17,19,29,37H,8-11H2,1-3H3. The lowest BCUT2D eigenvalue weighted by Gasteiger charge is -2.33. The maximum Gasteiger partial charge on any atom is 0.130 e. The number of aromatic nitrogens is 8. The molecule has 0 spiro atoms. The number of pyridine rings is 2. The zero-order valence-electron chi connectivity index (χ0n) is 43.3. The molecule has 12 rings (SSSR count). The number of aliphatic hydroxyl groups is 2. The van der Waals surface area contributed by atoms with E-state index in [9.17, 15) is 19.0 Å². The second kappa shape index (κ2) is 20.0. The Morgan fingerprint density at radius 3 is 1.21 bits per heavy atom. The van der Waals surface area contributed by atoms with Gasteiger partial charge in [0.1, 0.15) is 23.3 Å². The van der Waals surface area contributed by atoms with Crippen LogP contribution in [-0.2, 0) is 34.8 Å². The van der Waals surface area contributed by atoms with Crippen molar-refractivity contribution < 1.29 is 37.2 Å². The zero-order chi connectivity index (χ0) is 53.2. The van der Waals surface area contributed by atoms with E-state index in [0.717, 1.165) is 81.4 Å². The minimum absolute atomic E-state index is 0.178. The molecule has 0 bridgehead atoms. The Bertz CT molecular complexity index is 3500. The van der Waals surface area contributed by atoms with Crippen LogP contribution in [0.15, 0.2) is 122 Å². The fourth-order valence-corrected chi connectivity index (χ4v) is 11.6. The van der Waals surface area contributed by atoms with Crippen LogP contribution in [0.4, 0.5) is 17.6 Å². The molecule has 2 aliphatic heterocycles. The largest absolute Gasteiger partial charge is 0.386 e. The number of hydrogen-bond acceptors (Lipinski definition) is 8. The summed E-state index contributed by atoms with van der Waals surface area (Å²) in [6.07, 6.45) is 13.9. The summed E-state index contributed by atoms with van der Waals surface area (Å²) in [4.78, 5) is 18.2. The van der Waals surface area contributed by atoms with Crippen LogP contribution >= 0.6 is 0 Å². The lowest BCUT2D eigenvalue weighted by Crippen LogP contribution is -2.27. The van der Waals surface area contributed by atoms with E-state index in [1.54, 1.807) is 77.3 Å². The van der Waals surface area contributed by atoms with Crippen molar-refractivity contribution in [1.82, 2.24) is 38.2 Å². The summed E-state index contributed by atoms with van der Waals surface area (Å²) < 4.78 is 78.4. The van der Waals surface area contributed by atoms with E-state index in [-0.39, 0.29) is 46.7 Å². The van der Waals surface area contributed by atoms with Gasteiger partial charge in [0.15, 0.2) is 0 Å². The zero-order valence-corrected chi connectivity index (χ0v) is 43.3. The summed E-state index contributed by atoms with van der Waals surface area (Å²) >= 11 is 0. The number of nitrogens with zero attached hydrogens (tertiary/aromatic N) is 8. The van der Waals surface area contributed by atoms with Gasteiger partial charge in [-0.3, -0.25) is 9.97 Å². The highest BCUT2D eigenvalue weighted by Gasteiger charge is 2.34. The molecule has 0 radical (unpaired) electrons. The Morgan fingerprint density at radius 2 is 0.882 bits per heavy atom. The molecule has 2 unspecified atom stereocenters. The number of hydrogen-bond donors (Lipinski definition) is 2. The van der Waals surface area contributed by atoms with Gasteiger partial charge in [0.25, 0.3) is 0 Å². The maximum absolute atomic E-state index is 15.4. The van der Waals surface area contributed by atoms with E-state index in [1.807, 2.05) is 47.5 Å². The molecule has 10 aromatic rings. The summed E-state index contributed by atoms with van der Waals surface area (Å²) in [6, 6.07) is 23.4. The van der Waals surface area contributed by atoms with Crippen molar-refractivity contribution in [3.63, 3.8) is 0 Å². The molecule has 0 saturated carbocycles.